The number of rotatable bonds is 4. The van der Waals surface area contributed by atoms with Gasteiger partial charge in [-0.3, -0.25) is 0 Å². The number of aromatic nitrogens is 2. The van der Waals surface area contributed by atoms with Gasteiger partial charge in [0, 0.05) is 30.9 Å². The molecule has 6 nitrogen and oxygen atoms in total. The van der Waals surface area contributed by atoms with E-state index in [0.29, 0.717) is 12.0 Å². The predicted molar refractivity (Wildman–Crippen MR) is 87.1 cm³/mol. The molecule has 0 amide bonds. The van der Waals surface area contributed by atoms with Crippen LogP contribution in [0.25, 0.3) is 5.70 Å². The van der Waals surface area contributed by atoms with Crippen LogP contribution in [0.1, 0.15) is 44.3 Å². The van der Waals surface area contributed by atoms with Crippen LogP contribution >= 0.6 is 0 Å². The molecule has 2 saturated carbocycles. The summed E-state index contributed by atoms with van der Waals surface area (Å²) in [7, 11) is 0. The molecular weight excluding hydrogens is 276 g/mol. The molecule has 1 atom stereocenters. The highest BCUT2D eigenvalue weighted by atomic mass is 15.5. The Hall–Kier alpha value is -1.53. The Morgan fingerprint density at radius 1 is 1.27 bits per heavy atom. The van der Waals surface area contributed by atoms with E-state index in [1.165, 1.54) is 12.8 Å². The third-order valence-corrected chi connectivity index (χ3v) is 5.30. The molecule has 1 aromatic rings. The first-order valence-corrected chi connectivity index (χ1v) is 8.47. The molecule has 22 heavy (non-hydrogen) atoms. The van der Waals surface area contributed by atoms with E-state index in [1.807, 2.05) is 17.1 Å². The van der Waals surface area contributed by atoms with Crippen molar-refractivity contribution in [3.05, 3.63) is 24.3 Å². The van der Waals surface area contributed by atoms with Gasteiger partial charge in [0.1, 0.15) is 5.66 Å². The van der Waals surface area contributed by atoms with Gasteiger partial charge >= 0.3 is 0 Å². The number of fused-ring (bicyclic) bond motifs is 1. The molecule has 0 saturated heterocycles. The summed E-state index contributed by atoms with van der Waals surface area (Å²) in [5.74, 6) is 2.15. The third kappa shape index (κ3) is 2.61. The lowest BCUT2D eigenvalue weighted by Crippen LogP contribution is -2.59. The van der Waals surface area contributed by atoms with Crippen molar-refractivity contribution in [2.45, 2.75) is 50.2 Å². The maximum absolute atomic E-state index is 6.75. The number of hydrogen-bond donors (Lipinski definition) is 4. The lowest BCUT2D eigenvalue weighted by atomic mass is 9.78. The highest BCUT2D eigenvalue weighted by Gasteiger charge is 2.39. The zero-order chi connectivity index (χ0) is 15.2. The van der Waals surface area contributed by atoms with Crippen molar-refractivity contribution in [3.8, 4) is 0 Å². The van der Waals surface area contributed by atoms with Crippen molar-refractivity contribution >= 4 is 5.70 Å². The van der Waals surface area contributed by atoms with Gasteiger partial charge in [-0.2, -0.15) is 0 Å². The predicted octanol–water partition coefficient (Wildman–Crippen LogP) is 0.953. The SMILES string of the molecule is NC1CCC(C2(N)C=C(NCC3CC3)c3nccn3N2)CC1. The van der Waals surface area contributed by atoms with Crippen LogP contribution in [0.3, 0.4) is 0 Å². The third-order valence-electron chi connectivity index (χ3n) is 5.30. The largest absolute Gasteiger partial charge is 0.382 e. The van der Waals surface area contributed by atoms with Crippen molar-refractivity contribution in [1.29, 1.82) is 0 Å². The zero-order valence-electron chi connectivity index (χ0n) is 13.0. The molecule has 1 aliphatic heterocycles. The Balaban J connectivity index is 1.57. The maximum Gasteiger partial charge on any atom is 0.174 e. The molecular formula is C16H26N6. The summed E-state index contributed by atoms with van der Waals surface area (Å²) in [6.07, 6.45) is 12.8. The standard InChI is InChI=1S/C16H26N6/c17-13-5-3-12(4-6-13)16(18)9-14(20-10-11-1-2-11)15-19-7-8-22(15)21-16/h7-9,11-13,20-21H,1-6,10,17-18H2. The molecule has 2 heterocycles. The smallest absolute Gasteiger partial charge is 0.174 e. The Bertz CT molecular complexity index is 567. The Morgan fingerprint density at radius 2 is 2.05 bits per heavy atom. The molecule has 2 fully saturated rings. The summed E-state index contributed by atoms with van der Waals surface area (Å²) in [4.78, 5) is 4.45. The average Bonchev–Trinajstić information content (AvgIpc) is 3.22. The van der Waals surface area contributed by atoms with Crippen molar-refractivity contribution < 1.29 is 0 Å². The molecule has 0 bridgehead atoms. The van der Waals surface area contributed by atoms with Gasteiger partial charge in [-0.15, -0.1) is 0 Å². The van der Waals surface area contributed by atoms with Crippen LogP contribution in [-0.4, -0.2) is 27.9 Å². The molecule has 0 aromatic carbocycles. The van der Waals surface area contributed by atoms with Gasteiger partial charge in [0.05, 0.1) is 5.70 Å². The van der Waals surface area contributed by atoms with Crippen molar-refractivity contribution in [3.63, 3.8) is 0 Å². The Kier molecular flexibility index (Phi) is 3.38. The fourth-order valence-electron chi connectivity index (χ4n) is 3.65. The molecule has 2 aliphatic carbocycles. The minimum Gasteiger partial charge on any atom is -0.382 e. The number of hydrogen-bond acceptors (Lipinski definition) is 5. The summed E-state index contributed by atoms with van der Waals surface area (Å²) in [6, 6.07) is 0.337. The van der Waals surface area contributed by atoms with E-state index in [-0.39, 0.29) is 0 Å². The number of nitrogens with two attached hydrogens (primary N) is 2. The monoisotopic (exact) mass is 302 g/mol. The Labute approximate surface area is 131 Å². The molecule has 3 aliphatic rings. The number of nitrogens with one attached hydrogen (secondary N) is 2. The minimum absolute atomic E-state index is 0.337. The summed E-state index contributed by atoms with van der Waals surface area (Å²) in [5, 5.41) is 3.56. The lowest BCUT2D eigenvalue weighted by molar-refractivity contribution is 0.238. The Morgan fingerprint density at radius 3 is 2.77 bits per heavy atom. The number of imidazole rings is 1. The molecule has 1 aromatic heterocycles. The van der Waals surface area contributed by atoms with E-state index in [0.717, 1.165) is 49.7 Å². The van der Waals surface area contributed by atoms with E-state index in [9.17, 15) is 0 Å². The van der Waals surface area contributed by atoms with Gasteiger partial charge in [-0.25, -0.2) is 9.66 Å². The van der Waals surface area contributed by atoms with Gasteiger partial charge in [-0.05, 0) is 50.5 Å². The first-order valence-electron chi connectivity index (χ1n) is 8.47. The average molecular weight is 302 g/mol. The first-order chi connectivity index (χ1) is 10.6. The number of nitrogens with zero attached hydrogens (tertiary/aromatic N) is 2. The second-order valence-corrected chi connectivity index (χ2v) is 7.16. The van der Waals surface area contributed by atoms with Gasteiger partial charge in [0.2, 0.25) is 0 Å². The molecule has 6 heteroatoms. The summed E-state index contributed by atoms with van der Waals surface area (Å²) in [5.41, 5.74) is 16.8. The first kappa shape index (κ1) is 14.1. The second kappa shape index (κ2) is 5.28. The van der Waals surface area contributed by atoms with Gasteiger partial charge in [0.25, 0.3) is 0 Å². The van der Waals surface area contributed by atoms with Crippen LogP contribution in [0.15, 0.2) is 18.5 Å². The van der Waals surface area contributed by atoms with E-state index >= 15 is 0 Å². The van der Waals surface area contributed by atoms with Crippen LogP contribution < -0.4 is 22.2 Å². The zero-order valence-corrected chi connectivity index (χ0v) is 13.0. The van der Waals surface area contributed by atoms with E-state index in [1.54, 1.807) is 0 Å². The molecule has 6 N–H and O–H groups in total. The highest BCUT2D eigenvalue weighted by Crippen LogP contribution is 2.35. The highest BCUT2D eigenvalue weighted by molar-refractivity contribution is 5.63. The maximum atomic E-state index is 6.75. The van der Waals surface area contributed by atoms with Gasteiger partial charge in [0.15, 0.2) is 5.82 Å². The second-order valence-electron chi connectivity index (χ2n) is 7.16. The quantitative estimate of drug-likeness (QED) is 0.664. The normalized spacial score (nSPS) is 34.5. The van der Waals surface area contributed by atoms with E-state index in [4.69, 9.17) is 11.5 Å². The summed E-state index contributed by atoms with van der Waals surface area (Å²) < 4.78 is 1.96. The fraction of sp³-hybridized carbons (Fsp3) is 0.688. The molecule has 4 rings (SSSR count). The van der Waals surface area contributed by atoms with Crippen LogP contribution in [-0.2, 0) is 0 Å². The van der Waals surface area contributed by atoms with Crippen LogP contribution in [0.4, 0.5) is 0 Å². The van der Waals surface area contributed by atoms with Crippen molar-refractivity contribution in [1.82, 2.24) is 15.0 Å². The van der Waals surface area contributed by atoms with Crippen LogP contribution in [0, 0.1) is 11.8 Å². The van der Waals surface area contributed by atoms with Crippen LogP contribution in [0.5, 0.6) is 0 Å². The molecule has 0 radical (unpaired) electrons. The molecule has 1 unspecified atom stereocenters. The molecule has 0 spiro atoms. The van der Waals surface area contributed by atoms with Crippen LogP contribution in [0.2, 0.25) is 0 Å². The van der Waals surface area contributed by atoms with Gasteiger partial charge in [-0.1, -0.05) is 0 Å². The minimum atomic E-state index is -0.528. The fourth-order valence-corrected chi connectivity index (χ4v) is 3.65. The van der Waals surface area contributed by atoms with E-state index < -0.39 is 5.66 Å². The topological polar surface area (TPSA) is 93.9 Å². The van der Waals surface area contributed by atoms with Gasteiger partial charge < -0.3 is 22.2 Å². The lowest BCUT2D eigenvalue weighted by Gasteiger charge is -2.42. The molecule has 120 valence electrons. The van der Waals surface area contributed by atoms with Crippen molar-refractivity contribution in [2.24, 2.45) is 23.3 Å². The van der Waals surface area contributed by atoms with E-state index in [2.05, 4.69) is 21.8 Å². The summed E-state index contributed by atoms with van der Waals surface area (Å²) >= 11 is 0. The summed E-state index contributed by atoms with van der Waals surface area (Å²) in [6.45, 7) is 1.02. The van der Waals surface area contributed by atoms with Crippen molar-refractivity contribution in [2.75, 3.05) is 12.0 Å².